The number of fused-ring (bicyclic) bond motifs is 6. The van der Waals surface area contributed by atoms with E-state index in [1.165, 1.54) is 0 Å². The predicted octanol–water partition coefficient (Wildman–Crippen LogP) is 11.9. The van der Waals surface area contributed by atoms with Crippen LogP contribution in [0, 0.1) is 26.0 Å². The van der Waals surface area contributed by atoms with Crippen molar-refractivity contribution in [3.05, 3.63) is 143 Å². The number of ether oxygens (including phenoxy) is 1. The van der Waals surface area contributed by atoms with E-state index in [0.717, 1.165) is 49.5 Å². The second-order valence-corrected chi connectivity index (χ2v) is 13.8. The van der Waals surface area contributed by atoms with Gasteiger partial charge in [0.1, 0.15) is 5.82 Å². The second-order valence-electron chi connectivity index (χ2n) is 13.8. The van der Waals surface area contributed by atoms with Crippen molar-refractivity contribution in [3.63, 3.8) is 0 Å². The van der Waals surface area contributed by atoms with Gasteiger partial charge in [0.05, 0.1) is 28.1 Å². The Labute approximate surface area is 349 Å². The number of hydrogen-bond acceptors (Lipinski definition) is 4. The van der Waals surface area contributed by atoms with Gasteiger partial charge in [0.25, 0.3) is 0 Å². The van der Waals surface area contributed by atoms with Gasteiger partial charge in [0, 0.05) is 46.9 Å². The maximum absolute atomic E-state index is 9.32. The second kappa shape index (κ2) is 15.2. The maximum Gasteiger partial charge on any atom is 2.00 e. The molecule has 0 fully saturated rings. The topological polar surface area (TPSA) is 62.7 Å². The fourth-order valence-electron chi connectivity index (χ4n) is 7.93. The molecule has 0 aliphatic heterocycles. The smallest absolute Gasteiger partial charge is 0.509 e. The van der Waals surface area contributed by atoms with Crippen LogP contribution in [0.4, 0.5) is 0 Å². The van der Waals surface area contributed by atoms with Gasteiger partial charge in [-0.2, -0.15) is 6.07 Å². The Morgan fingerprint density at radius 2 is 1.43 bits per heavy atom. The number of pyridine rings is 1. The molecular weight excluding hydrogens is 872 g/mol. The van der Waals surface area contributed by atoms with E-state index in [9.17, 15) is 1.37 Å². The van der Waals surface area contributed by atoms with Crippen molar-refractivity contribution in [2.24, 2.45) is 0 Å². The summed E-state index contributed by atoms with van der Waals surface area (Å²) in [7, 11) is 0. The van der Waals surface area contributed by atoms with Crippen LogP contribution in [0.25, 0.3) is 60.8 Å². The zero-order valence-corrected chi connectivity index (χ0v) is 34.4. The van der Waals surface area contributed by atoms with E-state index in [1.807, 2.05) is 128 Å². The third kappa shape index (κ3) is 6.13. The molecular formula is C48H44N6OPt. The first-order valence-corrected chi connectivity index (χ1v) is 18.8. The van der Waals surface area contributed by atoms with E-state index in [-0.39, 0.29) is 21.1 Å². The van der Waals surface area contributed by atoms with Crippen LogP contribution in [0.5, 0.6) is 11.5 Å². The first-order chi connectivity index (χ1) is 28.6. The van der Waals surface area contributed by atoms with Crippen molar-refractivity contribution >= 4 is 43.6 Å². The molecule has 0 N–H and O–H groups in total. The van der Waals surface area contributed by atoms with Gasteiger partial charge in [-0.15, -0.1) is 46.4 Å². The zero-order valence-electron chi connectivity index (χ0n) is 37.1. The van der Waals surface area contributed by atoms with E-state index < -0.39 is 18.6 Å². The number of nitrogens with zero attached hydrogens (tertiary/aromatic N) is 6. The summed E-state index contributed by atoms with van der Waals surface area (Å²) >= 11 is 0. The van der Waals surface area contributed by atoms with E-state index in [1.54, 1.807) is 24.7 Å². The normalized spacial score (nSPS) is 13.7. The molecule has 0 saturated carbocycles. The van der Waals surface area contributed by atoms with Gasteiger partial charge >= 0.3 is 21.1 Å². The van der Waals surface area contributed by atoms with Crippen LogP contribution >= 0.6 is 0 Å². The molecule has 0 bridgehead atoms. The van der Waals surface area contributed by atoms with Gasteiger partial charge in [-0.05, 0) is 66.8 Å². The van der Waals surface area contributed by atoms with E-state index >= 15 is 0 Å². The maximum atomic E-state index is 9.32. The van der Waals surface area contributed by atoms with Gasteiger partial charge in [-0.1, -0.05) is 106 Å². The largest absolute Gasteiger partial charge is 2.00 e. The van der Waals surface area contributed by atoms with Gasteiger partial charge < -0.3 is 13.9 Å². The summed E-state index contributed by atoms with van der Waals surface area (Å²) in [6.07, 6.45) is -0.420. The number of aryl methyl sites for hydroxylation is 3. The van der Waals surface area contributed by atoms with Crippen molar-refractivity contribution in [2.75, 3.05) is 0 Å². The molecule has 4 heterocycles. The Bertz CT molecular complexity index is 3060. The molecule has 5 aromatic carbocycles. The van der Waals surface area contributed by atoms with Crippen molar-refractivity contribution in [2.45, 2.75) is 73.0 Å². The zero-order chi connectivity index (χ0) is 42.3. The molecule has 9 rings (SSSR count). The summed E-state index contributed by atoms with van der Waals surface area (Å²) in [6.45, 7) is 11.0. The average Bonchev–Trinajstić information content (AvgIpc) is 3.87. The molecule has 0 unspecified atom stereocenters. The van der Waals surface area contributed by atoms with Crippen LogP contribution in [-0.4, -0.2) is 29.1 Å². The van der Waals surface area contributed by atoms with E-state index in [4.69, 9.17) is 15.2 Å². The number of para-hydroxylation sites is 3. The van der Waals surface area contributed by atoms with Crippen LogP contribution in [0.1, 0.15) is 81.4 Å². The summed E-state index contributed by atoms with van der Waals surface area (Å²) in [6, 6.07) is 37.9. The van der Waals surface area contributed by atoms with Gasteiger partial charge in [-0.3, -0.25) is 0 Å². The quantitative estimate of drug-likeness (QED) is 0.128. The van der Waals surface area contributed by atoms with Gasteiger partial charge in [0.2, 0.25) is 0 Å². The molecule has 56 heavy (non-hydrogen) atoms. The van der Waals surface area contributed by atoms with Crippen LogP contribution in [0.2, 0.25) is 0 Å². The van der Waals surface area contributed by atoms with E-state index in [0.29, 0.717) is 63.7 Å². The van der Waals surface area contributed by atoms with Gasteiger partial charge in [0.15, 0.2) is 0 Å². The minimum absolute atomic E-state index is 0. The molecule has 4 aromatic heterocycles. The SMILES string of the molecule is [2H]C([2H])(C)c1cccc2c3cccc(C([2H])([2H])C)c3n(-c3ccnc(-n4c5[c-]c(Oc6[c-]c(-n7nnc(C)c7C)cc(C([2H])(CC)CC)c6)ccc5c5ccccc54)c3)c12.[Pt+2]. The number of benzene rings is 5. The molecule has 0 radical (unpaired) electrons. The van der Waals surface area contributed by atoms with Crippen molar-refractivity contribution in [1.82, 2.24) is 29.1 Å². The Hall–Kier alpha value is -5.52. The molecule has 0 aliphatic carbocycles. The molecule has 0 atom stereocenters. The summed E-state index contributed by atoms with van der Waals surface area (Å²) in [5.74, 6) is 0.620. The van der Waals surface area contributed by atoms with Crippen LogP contribution in [-0.2, 0) is 33.8 Å². The van der Waals surface area contributed by atoms with E-state index in [2.05, 4.69) is 28.5 Å². The minimum atomic E-state index is -1.69. The first-order valence-electron chi connectivity index (χ1n) is 21.3. The number of aromatic nitrogens is 6. The molecule has 7 nitrogen and oxygen atoms in total. The van der Waals surface area contributed by atoms with Crippen molar-refractivity contribution in [1.29, 1.82) is 0 Å². The van der Waals surface area contributed by atoms with Crippen LogP contribution in [0.3, 0.4) is 0 Å². The molecule has 0 spiro atoms. The summed E-state index contributed by atoms with van der Waals surface area (Å²) < 4.78 is 57.1. The monoisotopic (exact) mass is 920 g/mol. The Morgan fingerprint density at radius 1 is 0.732 bits per heavy atom. The third-order valence-corrected chi connectivity index (χ3v) is 10.8. The van der Waals surface area contributed by atoms with Crippen LogP contribution in [0.15, 0.2) is 103 Å². The fraction of sp³-hybridized carbons (Fsp3) is 0.229. The predicted molar refractivity (Wildman–Crippen MR) is 224 cm³/mol. The molecule has 8 heteroatoms. The van der Waals surface area contributed by atoms with Crippen molar-refractivity contribution in [3.8, 4) is 28.7 Å². The number of rotatable bonds is 10. The fourth-order valence-corrected chi connectivity index (χ4v) is 7.93. The van der Waals surface area contributed by atoms with Crippen molar-refractivity contribution < 1.29 is 32.7 Å². The molecule has 9 aromatic rings. The summed E-state index contributed by atoms with van der Waals surface area (Å²) in [5.41, 5.74) is 7.81. The molecule has 0 aliphatic rings. The molecule has 0 amide bonds. The molecule has 0 saturated heterocycles. The third-order valence-electron chi connectivity index (χ3n) is 10.8. The Kier molecular flexibility index (Phi) is 8.59. The standard InChI is InChI=1S/C48H44N6O.Pt/c1-7-32(8-2)35-25-37(54-31(6)30(5)50-51-54)27-39(26-35)55-38-21-22-41-40-17-11-12-20-44(40)53(45(41)29-38)46-28-36(23-24-49-46)52-47-33(9-3)15-13-18-42(47)43-19-14-16-34(10-4)48(43)52;/h11-26,28,32H,7-10H2,1-6H3;/q-2;+2/i9D2,10D2,32D;. The summed E-state index contributed by atoms with van der Waals surface area (Å²) in [4.78, 5) is 4.92. The average molecular weight is 921 g/mol. The Morgan fingerprint density at radius 3 is 2.09 bits per heavy atom. The minimum Gasteiger partial charge on any atom is -0.509 e. The van der Waals surface area contributed by atoms with Gasteiger partial charge in [-0.25, -0.2) is 9.67 Å². The number of hydrogen-bond donors (Lipinski definition) is 0. The first kappa shape index (κ1) is 31.7. The summed E-state index contributed by atoms with van der Waals surface area (Å²) in [5, 5.41) is 12.3. The Balaban J connectivity index is 0.00000514. The molecule has 282 valence electrons. The van der Waals surface area contributed by atoms with Crippen LogP contribution < -0.4 is 4.74 Å².